The van der Waals surface area contributed by atoms with Gasteiger partial charge in [-0.15, -0.1) is 0 Å². The highest BCUT2D eigenvalue weighted by Crippen LogP contribution is 2.33. The number of carbonyl (C=O) groups excluding carboxylic acids is 1. The molecule has 0 saturated carbocycles. The van der Waals surface area contributed by atoms with E-state index in [0.717, 1.165) is 16.9 Å². The Morgan fingerprint density at radius 3 is 2.26 bits per heavy atom. The Hall–Kier alpha value is -2.26. The van der Waals surface area contributed by atoms with Gasteiger partial charge in [0, 0.05) is 5.56 Å². The molecule has 0 fully saturated rings. The molecule has 27 heavy (non-hydrogen) atoms. The smallest absolute Gasteiger partial charge is 0.187 e. The van der Waals surface area contributed by atoms with Gasteiger partial charge in [-0.05, 0) is 41.5 Å². The summed E-state index contributed by atoms with van der Waals surface area (Å²) in [6, 6.07) is 20.5. The lowest BCUT2D eigenvalue weighted by Crippen LogP contribution is -1.96. The maximum atomic E-state index is 12.3. The molecular weight excluding hydrogens is 403 g/mol. The summed E-state index contributed by atoms with van der Waals surface area (Å²) < 4.78 is 5.75. The van der Waals surface area contributed by atoms with Crippen molar-refractivity contribution in [3.05, 3.63) is 105 Å². The Morgan fingerprint density at radius 1 is 0.852 bits per heavy atom. The Labute approximate surface area is 173 Å². The van der Waals surface area contributed by atoms with Crippen molar-refractivity contribution >= 4 is 46.7 Å². The van der Waals surface area contributed by atoms with Crippen LogP contribution < -0.4 is 4.74 Å². The molecule has 3 aromatic rings. The first-order chi connectivity index (χ1) is 13.0. The number of ketones is 1. The predicted octanol–water partition coefficient (Wildman–Crippen LogP) is 7.12. The van der Waals surface area contributed by atoms with Gasteiger partial charge in [0.25, 0.3) is 0 Å². The number of rotatable bonds is 6. The third-order valence-electron chi connectivity index (χ3n) is 3.86. The van der Waals surface area contributed by atoms with E-state index in [1.54, 1.807) is 18.2 Å². The Balaban J connectivity index is 1.64. The van der Waals surface area contributed by atoms with Crippen LogP contribution in [0, 0.1) is 0 Å². The van der Waals surface area contributed by atoms with Gasteiger partial charge in [0.2, 0.25) is 0 Å². The first-order valence-corrected chi connectivity index (χ1v) is 9.30. The Morgan fingerprint density at radius 2 is 1.56 bits per heavy atom. The van der Waals surface area contributed by atoms with Gasteiger partial charge in [0.05, 0.1) is 15.1 Å². The highest BCUT2D eigenvalue weighted by Gasteiger charge is 2.13. The molecule has 0 radical (unpaired) electrons. The fourth-order valence-corrected chi connectivity index (χ4v) is 3.02. The minimum absolute atomic E-state index is 0.156. The second-order valence-electron chi connectivity index (χ2n) is 5.76. The zero-order chi connectivity index (χ0) is 19.2. The fraction of sp³-hybridized carbons (Fsp3) is 0.0455. The summed E-state index contributed by atoms with van der Waals surface area (Å²) in [4.78, 5) is 12.3. The molecular formula is C22H15Cl3O2. The average Bonchev–Trinajstić information content (AvgIpc) is 2.70. The number of hydrogen-bond acceptors (Lipinski definition) is 2. The molecule has 0 saturated heterocycles. The lowest BCUT2D eigenvalue weighted by Gasteiger charge is -2.06. The molecule has 0 bridgehead atoms. The maximum Gasteiger partial charge on any atom is 0.187 e. The molecule has 0 heterocycles. The summed E-state index contributed by atoms with van der Waals surface area (Å²) >= 11 is 18.0. The highest BCUT2D eigenvalue weighted by molar-refractivity contribution is 6.49. The van der Waals surface area contributed by atoms with E-state index >= 15 is 0 Å². The van der Waals surface area contributed by atoms with Crippen LogP contribution in [0.15, 0.2) is 72.8 Å². The van der Waals surface area contributed by atoms with Gasteiger partial charge in [0.1, 0.15) is 12.4 Å². The molecule has 0 aliphatic carbocycles. The van der Waals surface area contributed by atoms with Crippen molar-refractivity contribution in [1.29, 1.82) is 0 Å². The summed E-state index contributed by atoms with van der Waals surface area (Å²) in [5.41, 5.74) is 2.28. The van der Waals surface area contributed by atoms with Gasteiger partial charge >= 0.3 is 0 Å². The van der Waals surface area contributed by atoms with Crippen LogP contribution in [0.2, 0.25) is 15.1 Å². The number of benzene rings is 3. The number of carbonyl (C=O) groups is 1. The second kappa shape index (κ2) is 9.09. The molecule has 0 amide bonds. The largest absolute Gasteiger partial charge is 0.489 e. The maximum absolute atomic E-state index is 12.3. The van der Waals surface area contributed by atoms with Crippen LogP contribution in [-0.4, -0.2) is 5.78 Å². The first-order valence-electron chi connectivity index (χ1n) is 8.17. The van der Waals surface area contributed by atoms with Crippen molar-refractivity contribution in [2.75, 3.05) is 0 Å². The van der Waals surface area contributed by atoms with Crippen molar-refractivity contribution in [3.8, 4) is 5.75 Å². The van der Waals surface area contributed by atoms with Crippen molar-refractivity contribution in [2.45, 2.75) is 6.61 Å². The third-order valence-corrected chi connectivity index (χ3v) is 5.15. The van der Waals surface area contributed by atoms with Gasteiger partial charge in [-0.3, -0.25) is 4.79 Å². The summed E-state index contributed by atoms with van der Waals surface area (Å²) in [5, 5.41) is 0.647. The summed E-state index contributed by atoms with van der Waals surface area (Å²) in [6.45, 7) is 0.504. The second-order valence-corrected chi connectivity index (χ2v) is 6.93. The van der Waals surface area contributed by atoms with Crippen LogP contribution in [0.5, 0.6) is 5.75 Å². The summed E-state index contributed by atoms with van der Waals surface area (Å²) in [6.07, 6.45) is 3.16. The lowest BCUT2D eigenvalue weighted by atomic mass is 10.1. The molecule has 0 aliphatic rings. The van der Waals surface area contributed by atoms with E-state index in [-0.39, 0.29) is 15.8 Å². The topological polar surface area (TPSA) is 26.3 Å². The van der Waals surface area contributed by atoms with Crippen LogP contribution in [0.3, 0.4) is 0 Å². The van der Waals surface area contributed by atoms with Gasteiger partial charge in [0.15, 0.2) is 5.78 Å². The Bertz CT molecular complexity index is 965. The van der Waals surface area contributed by atoms with Crippen LogP contribution in [-0.2, 0) is 6.61 Å². The number of hydrogen-bond donors (Lipinski definition) is 0. The number of ether oxygens (including phenoxy) is 1. The fourth-order valence-electron chi connectivity index (χ4n) is 2.39. The third kappa shape index (κ3) is 5.14. The minimum Gasteiger partial charge on any atom is -0.489 e. The molecule has 0 aliphatic heterocycles. The lowest BCUT2D eigenvalue weighted by molar-refractivity contribution is 0.104. The van der Waals surface area contributed by atoms with E-state index in [1.165, 1.54) is 6.08 Å². The first kappa shape index (κ1) is 19.5. The zero-order valence-corrected chi connectivity index (χ0v) is 16.4. The van der Waals surface area contributed by atoms with Crippen molar-refractivity contribution < 1.29 is 9.53 Å². The summed E-state index contributed by atoms with van der Waals surface area (Å²) in [5.74, 6) is 0.512. The van der Waals surface area contributed by atoms with Crippen molar-refractivity contribution in [3.63, 3.8) is 0 Å². The van der Waals surface area contributed by atoms with Crippen molar-refractivity contribution in [2.24, 2.45) is 0 Å². The Kier molecular flexibility index (Phi) is 6.57. The zero-order valence-electron chi connectivity index (χ0n) is 14.2. The molecule has 0 aromatic heterocycles. The minimum atomic E-state index is -0.247. The molecule has 5 heteroatoms. The molecule has 3 aromatic carbocycles. The standard InChI is InChI=1S/C22H15Cl3O2/c23-19-12-11-18(21(24)22(19)25)20(26)13-8-15-6-9-17(10-7-15)27-14-16-4-2-1-3-5-16/h1-13H,14H2. The molecule has 0 N–H and O–H groups in total. The van der Waals surface area contributed by atoms with Crippen molar-refractivity contribution in [1.82, 2.24) is 0 Å². The van der Waals surface area contributed by atoms with E-state index in [1.807, 2.05) is 54.6 Å². The van der Waals surface area contributed by atoms with Gasteiger partial charge in [-0.2, -0.15) is 0 Å². The molecule has 3 rings (SSSR count). The normalized spacial score (nSPS) is 10.9. The monoisotopic (exact) mass is 416 g/mol. The van der Waals surface area contributed by atoms with Crippen LogP contribution in [0.1, 0.15) is 21.5 Å². The molecule has 0 unspecified atom stereocenters. The van der Waals surface area contributed by atoms with Crippen LogP contribution in [0.25, 0.3) is 6.08 Å². The van der Waals surface area contributed by atoms with Gasteiger partial charge in [-0.1, -0.05) is 83.3 Å². The molecule has 0 atom stereocenters. The SMILES string of the molecule is O=C(C=Cc1ccc(OCc2ccccc2)cc1)c1ccc(Cl)c(Cl)c1Cl. The van der Waals surface area contributed by atoms with E-state index in [0.29, 0.717) is 17.2 Å². The highest BCUT2D eigenvalue weighted by atomic mass is 35.5. The summed E-state index contributed by atoms with van der Waals surface area (Å²) in [7, 11) is 0. The van der Waals surface area contributed by atoms with E-state index < -0.39 is 0 Å². The number of halogens is 3. The van der Waals surface area contributed by atoms with E-state index in [2.05, 4.69) is 0 Å². The number of allylic oxidation sites excluding steroid dienone is 1. The van der Waals surface area contributed by atoms with E-state index in [9.17, 15) is 4.79 Å². The molecule has 2 nitrogen and oxygen atoms in total. The average molecular weight is 418 g/mol. The van der Waals surface area contributed by atoms with E-state index in [4.69, 9.17) is 39.5 Å². The van der Waals surface area contributed by atoms with Crippen LogP contribution in [0.4, 0.5) is 0 Å². The molecule has 0 spiro atoms. The van der Waals surface area contributed by atoms with Crippen LogP contribution >= 0.6 is 34.8 Å². The van der Waals surface area contributed by atoms with Gasteiger partial charge in [-0.25, -0.2) is 0 Å². The predicted molar refractivity (Wildman–Crippen MR) is 112 cm³/mol. The molecule has 136 valence electrons. The quantitative estimate of drug-likeness (QED) is 0.242. The van der Waals surface area contributed by atoms with Gasteiger partial charge < -0.3 is 4.74 Å².